The number of carbonyl (C=O) groups is 3. The highest BCUT2D eigenvalue weighted by atomic mass is 19.4. The first-order valence-electron chi connectivity index (χ1n) is 7.81. The first-order valence-corrected chi connectivity index (χ1v) is 7.81. The van der Waals surface area contributed by atoms with Gasteiger partial charge in [0.15, 0.2) is 0 Å². The Balaban J connectivity index is 2.68. The summed E-state index contributed by atoms with van der Waals surface area (Å²) in [4.78, 5) is 36.6. The van der Waals surface area contributed by atoms with Crippen LogP contribution in [0.25, 0.3) is 0 Å². The first kappa shape index (κ1) is 21.4. The van der Waals surface area contributed by atoms with Gasteiger partial charge in [0.05, 0.1) is 23.8 Å². The topological polar surface area (TPSA) is 90.5 Å². The Kier molecular flexibility index (Phi) is 7.56. The molecular weight excluding hydrogens is 353 g/mol. The fourth-order valence-corrected chi connectivity index (χ4v) is 2.01. The molecule has 0 fully saturated rings. The quantitative estimate of drug-likeness (QED) is 0.708. The number of urea groups is 1. The first-order chi connectivity index (χ1) is 12.1. The summed E-state index contributed by atoms with van der Waals surface area (Å²) in [6.07, 6.45) is -4.60. The fourth-order valence-electron chi connectivity index (χ4n) is 2.01. The molecule has 4 amide bonds. The molecule has 3 N–H and O–H groups in total. The van der Waals surface area contributed by atoms with Crippen molar-refractivity contribution in [1.29, 1.82) is 0 Å². The maximum absolute atomic E-state index is 12.9. The third kappa shape index (κ3) is 6.36. The monoisotopic (exact) mass is 374 g/mol. The van der Waals surface area contributed by atoms with Crippen molar-refractivity contribution in [3.63, 3.8) is 0 Å². The van der Waals surface area contributed by atoms with Crippen LogP contribution >= 0.6 is 0 Å². The smallest absolute Gasteiger partial charge is 0.338 e. The normalized spacial score (nSPS) is 12.4. The highest BCUT2D eigenvalue weighted by Crippen LogP contribution is 2.34. The number of halogens is 3. The van der Waals surface area contributed by atoms with Gasteiger partial charge in [0.25, 0.3) is 0 Å². The van der Waals surface area contributed by atoms with Gasteiger partial charge >= 0.3 is 12.2 Å². The summed E-state index contributed by atoms with van der Waals surface area (Å²) in [5.74, 6) is -1.36. The molecule has 0 aliphatic carbocycles. The molecule has 1 atom stereocenters. The number of benzene rings is 1. The minimum absolute atomic E-state index is 0.337. The van der Waals surface area contributed by atoms with Gasteiger partial charge in [0.2, 0.25) is 11.8 Å². The molecule has 1 rings (SSSR count). The van der Waals surface area contributed by atoms with Crippen LogP contribution in [0.3, 0.4) is 0 Å². The number of anilines is 1. The Labute approximate surface area is 148 Å². The summed E-state index contributed by atoms with van der Waals surface area (Å²) in [6.45, 7) is 3.15. The van der Waals surface area contributed by atoms with E-state index in [1.165, 1.54) is 31.0 Å². The molecule has 0 unspecified atom stereocenters. The lowest BCUT2D eigenvalue weighted by Crippen LogP contribution is -2.50. The molecule has 0 spiro atoms. The highest BCUT2D eigenvalue weighted by Gasteiger charge is 2.33. The Bertz CT molecular complexity index is 664. The molecule has 144 valence electrons. The molecule has 26 heavy (non-hydrogen) atoms. The molecule has 1 aromatic carbocycles. The molecule has 0 saturated heterocycles. The third-order valence-corrected chi connectivity index (χ3v) is 3.51. The molecule has 0 aliphatic heterocycles. The van der Waals surface area contributed by atoms with Gasteiger partial charge in [-0.3, -0.25) is 19.8 Å². The van der Waals surface area contributed by atoms with Crippen molar-refractivity contribution in [3.05, 3.63) is 29.8 Å². The van der Waals surface area contributed by atoms with Crippen molar-refractivity contribution in [2.75, 3.05) is 25.5 Å². The average molecular weight is 374 g/mol. The maximum atomic E-state index is 12.9. The summed E-state index contributed by atoms with van der Waals surface area (Å²) >= 11 is 0. The van der Waals surface area contributed by atoms with Crippen LogP contribution in [0.4, 0.5) is 23.7 Å². The predicted molar refractivity (Wildman–Crippen MR) is 89.4 cm³/mol. The minimum Gasteiger partial charge on any atom is -0.338 e. The average Bonchev–Trinajstić information content (AvgIpc) is 2.53. The maximum Gasteiger partial charge on any atom is 0.418 e. The second kappa shape index (κ2) is 9.18. The van der Waals surface area contributed by atoms with E-state index >= 15 is 0 Å². The Morgan fingerprint density at radius 2 is 1.81 bits per heavy atom. The number of imide groups is 1. The molecule has 0 heterocycles. The van der Waals surface area contributed by atoms with E-state index in [1.807, 2.05) is 0 Å². The standard InChI is InChI=1S/C16H21F3N4O3/c1-4-20-15(26)22-14(25)10(2)23(3)9-13(24)21-12-8-6-5-7-11(12)16(17,18)19/h5-8,10H,4,9H2,1-3H3,(H,21,24)(H2,20,22,25,26)/t10-/m0/s1. The highest BCUT2D eigenvalue weighted by molar-refractivity contribution is 5.97. The van der Waals surface area contributed by atoms with Crippen molar-refractivity contribution >= 4 is 23.5 Å². The van der Waals surface area contributed by atoms with Gasteiger partial charge in [-0.2, -0.15) is 13.2 Å². The largest absolute Gasteiger partial charge is 0.418 e. The van der Waals surface area contributed by atoms with E-state index in [9.17, 15) is 27.6 Å². The number of para-hydroxylation sites is 1. The van der Waals surface area contributed by atoms with Crippen molar-refractivity contribution in [2.24, 2.45) is 0 Å². The van der Waals surface area contributed by atoms with Crippen LogP contribution in [-0.4, -0.2) is 48.9 Å². The van der Waals surface area contributed by atoms with Gasteiger partial charge in [-0.05, 0) is 33.0 Å². The Hall–Kier alpha value is -2.62. The second-order valence-electron chi connectivity index (χ2n) is 5.53. The summed E-state index contributed by atoms with van der Waals surface area (Å²) in [5.41, 5.74) is -1.32. The second-order valence-corrected chi connectivity index (χ2v) is 5.53. The summed E-state index contributed by atoms with van der Waals surface area (Å²) in [7, 11) is 1.44. The van der Waals surface area contributed by atoms with Crippen LogP contribution in [0.15, 0.2) is 24.3 Å². The van der Waals surface area contributed by atoms with Crippen LogP contribution in [0, 0.1) is 0 Å². The van der Waals surface area contributed by atoms with Crippen LogP contribution in [0.1, 0.15) is 19.4 Å². The third-order valence-electron chi connectivity index (χ3n) is 3.51. The SMILES string of the molecule is CCNC(=O)NC(=O)[C@H](C)N(C)CC(=O)Nc1ccccc1C(F)(F)F. The molecule has 0 radical (unpaired) electrons. The van der Waals surface area contributed by atoms with E-state index in [-0.39, 0.29) is 12.2 Å². The van der Waals surface area contributed by atoms with E-state index in [4.69, 9.17) is 0 Å². The lowest BCUT2D eigenvalue weighted by Gasteiger charge is -2.23. The van der Waals surface area contributed by atoms with Crippen LogP contribution in [0.5, 0.6) is 0 Å². The Morgan fingerprint density at radius 1 is 1.19 bits per heavy atom. The van der Waals surface area contributed by atoms with Crippen molar-refractivity contribution in [1.82, 2.24) is 15.5 Å². The molecule has 10 heteroatoms. The number of rotatable bonds is 6. The predicted octanol–water partition coefficient (Wildman–Crippen LogP) is 1.81. The van der Waals surface area contributed by atoms with E-state index in [0.29, 0.717) is 6.54 Å². The number of nitrogens with one attached hydrogen (secondary N) is 3. The number of alkyl halides is 3. The van der Waals surface area contributed by atoms with Gasteiger partial charge < -0.3 is 10.6 Å². The van der Waals surface area contributed by atoms with Crippen molar-refractivity contribution < 1.29 is 27.6 Å². The van der Waals surface area contributed by atoms with Crippen LogP contribution < -0.4 is 16.0 Å². The zero-order chi connectivity index (χ0) is 19.9. The number of nitrogens with zero attached hydrogens (tertiary/aromatic N) is 1. The van der Waals surface area contributed by atoms with Gasteiger partial charge in [0, 0.05) is 6.54 Å². The van der Waals surface area contributed by atoms with Gasteiger partial charge in [-0.25, -0.2) is 4.79 Å². The lowest BCUT2D eigenvalue weighted by atomic mass is 10.1. The summed E-state index contributed by atoms with van der Waals surface area (Å²) in [5, 5.41) is 6.68. The minimum atomic E-state index is -4.60. The molecular formula is C16H21F3N4O3. The lowest BCUT2D eigenvalue weighted by molar-refractivity contribution is -0.137. The van der Waals surface area contributed by atoms with E-state index in [2.05, 4.69) is 16.0 Å². The summed E-state index contributed by atoms with van der Waals surface area (Å²) in [6, 6.07) is 3.09. The van der Waals surface area contributed by atoms with E-state index in [1.54, 1.807) is 6.92 Å². The summed E-state index contributed by atoms with van der Waals surface area (Å²) < 4.78 is 38.8. The molecule has 0 bridgehead atoms. The number of likely N-dealkylation sites (N-methyl/N-ethyl adjacent to an activating group) is 1. The molecule has 0 saturated carbocycles. The number of hydrogen-bond acceptors (Lipinski definition) is 4. The van der Waals surface area contributed by atoms with Crippen LogP contribution in [-0.2, 0) is 15.8 Å². The molecule has 0 aromatic heterocycles. The van der Waals surface area contributed by atoms with Gasteiger partial charge in [0.1, 0.15) is 0 Å². The van der Waals surface area contributed by atoms with Crippen molar-refractivity contribution in [3.8, 4) is 0 Å². The zero-order valence-electron chi connectivity index (χ0n) is 14.6. The molecule has 0 aliphatic rings. The van der Waals surface area contributed by atoms with Gasteiger partial charge in [-0.15, -0.1) is 0 Å². The van der Waals surface area contributed by atoms with Gasteiger partial charge in [-0.1, -0.05) is 12.1 Å². The van der Waals surface area contributed by atoms with E-state index in [0.717, 1.165) is 12.1 Å². The van der Waals surface area contributed by atoms with E-state index < -0.39 is 35.6 Å². The van der Waals surface area contributed by atoms with Crippen molar-refractivity contribution in [2.45, 2.75) is 26.1 Å². The fraction of sp³-hybridized carbons (Fsp3) is 0.438. The zero-order valence-corrected chi connectivity index (χ0v) is 14.6. The number of amides is 4. The Morgan fingerprint density at radius 3 is 2.38 bits per heavy atom. The van der Waals surface area contributed by atoms with Crippen LogP contribution in [0.2, 0.25) is 0 Å². The number of hydrogen-bond donors (Lipinski definition) is 3. The molecule has 7 nitrogen and oxygen atoms in total. The number of carbonyl (C=O) groups excluding carboxylic acids is 3. The molecule has 1 aromatic rings.